The smallest absolute Gasteiger partial charge is 0.0114 e. The van der Waals surface area contributed by atoms with E-state index in [-0.39, 0.29) is 0 Å². The summed E-state index contributed by atoms with van der Waals surface area (Å²) in [6, 6.07) is 0.388. The fourth-order valence-corrected chi connectivity index (χ4v) is 1.19. The van der Waals surface area contributed by atoms with E-state index in [0.29, 0.717) is 11.5 Å². The molecule has 1 aliphatic rings. The second kappa shape index (κ2) is 2.27. The first-order valence-electron chi connectivity index (χ1n) is 3.59. The Labute approximate surface area is 56.8 Å². The van der Waals surface area contributed by atoms with Crippen LogP contribution in [0.4, 0.5) is 0 Å². The van der Waals surface area contributed by atoms with Crippen LogP contribution in [0, 0.1) is 5.41 Å². The van der Waals surface area contributed by atoms with E-state index in [4.69, 9.17) is 5.73 Å². The van der Waals surface area contributed by atoms with Gasteiger partial charge >= 0.3 is 0 Å². The Hall–Kier alpha value is -0.0800. The van der Waals surface area contributed by atoms with E-state index in [2.05, 4.69) is 19.2 Å². The minimum Gasteiger partial charge on any atom is -0.327 e. The highest BCUT2D eigenvalue weighted by Gasteiger charge is 2.28. The van der Waals surface area contributed by atoms with Crippen LogP contribution in [0.15, 0.2) is 0 Å². The molecule has 1 unspecified atom stereocenters. The van der Waals surface area contributed by atoms with Crippen LogP contribution < -0.4 is 11.1 Å². The maximum absolute atomic E-state index is 5.87. The van der Waals surface area contributed by atoms with Crippen molar-refractivity contribution < 1.29 is 0 Å². The lowest BCUT2D eigenvalue weighted by Crippen LogP contribution is -2.50. The van der Waals surface area contributed by atoms with Crippen LogP contribution in [0.2, 0.25) is 0 Å². The normalized spacial score (nSPS) is 34.3. The molecule has 0 spiro atoms. The summed E-state index contributed by atoms with van der Waals surface area (Å²) in [6.45, 7) is 6.58. The third kappa shape index (κ3) is 1.43. The molecule has 0 aromatic heterocycles. The molecular formula is C7H16N2. The third-order valence-corrected chi connectivity index (χ3v) is 2.22. The number of hydrogen-bond donors (Lipinski definition) is 2. The van der Waals surface area contributed by atoms with E-state index in [1.807, 2.05) is 0 Å². The summed E-state index contributed by atoms with van der Waals surface area (Å²) < 4.78 is 0. The fourth-order valence-electron chi connectivity index (χ4n) is 1.19. The van der Waals surface area contributed by atoms with Crippen molar-refractivity contribution in [3.05, 3.63) is 0 Å². The quantitative estimate of drug-likeness (QED) is 0.493. The molecule has 0 bridgehead atoms. The molecule has 2 nitrogen and oxygen atoms in total. The number of nitrogens with one attached hydrogen (secondary N) is 1. The average Bonchev–Trinajstić information content (AvgIpc) is 1.77. The van der Waals surface area contributed by atoms with Crippen molar-refractivity contribution in [2.45, 2.75) is 26.3 Å². The molecule has 1 saturated heterocycles. The summed E-state index contributed by atoms with van der Waals surface area (Å²) in [5, 5.41) is 3.33. The topological polar surface area (TPSA) is 38.0 Å². The van der Waals surface area contributed by atoms with E-state index < -0.39 is 0 Å². The average molecular weight is 128 g/mol. The first-order chi connectivity index (χ1) is 4.13. The van der Waals surface area contributed by atoms with Crippen molar-refractivity contribution >= 4 is 0 Å². The van der Waals surface area contributed by atoms with E-state index in [0.717, 1.165) is 19.5 Å². The van der Waals surface area contributed by atoms with Crippen molar-refractivity contribution in [3.63, 3.8) is 0 Å². The van der Waals surface area contributed by atoms with Gasteiger partial charge in [-0.1, -0.05) is 13.8 Å². The van der Waals surface area contributed by atoms with Crippen LogP contribution >= 0.6 is 0 Å². The SMILES string of the molecule is CC1(C)CNCCC1N. The van der Waals surface area contributed by atoms with E-state index in [1.165, 1.54) is 0 Å². The number of rotatable bonds is 0. The molecule has 0 aliphatic carbocycles. The molecule has 1 rings (SSSR count). The zero-order valence-corrected chi connectivity index (χ0v) is 6.28. The molecule has 1 aliphatic heterocycles. The van der Waals surface area contributed by atoms with Gasteiger partial charge in [-0.05, 0) is 18.4 Å². The Morgan fingerprint density at radius 3 is 2.56 bits per heavy atom. The molecule has 2 heteroatoms. The van der Waals surface area contributed by atoms with Gasteiger partial charge < -0.3 is 11.1 Å². The van der Waals surface area contributed by atoms with Gasteiger partial charge in [-0.2, -0.15) is 0 Å². The second-order valence-corrected chi connectivity index (χ2v) is 3.56. The van der Waals surface area contributed by atoms with Crippen LogP contribution in [-0.4, -0.2) is 19.1 Å². The molecule has 0 aromatic rings. The lowest BCUT2D eigenvalue weighted by molar-refractivity contribution is 0.221. The molecule has 9 heavy (non-hydrogen) atoms. The Bertz CT molecular complexity index is 99.1. The van der Waals surface area contributed by atoms with Gasteiger partial charge in [-0.25, -0.2) is 0 Å². The van der Waals surface area contributed by atoms with Crippen molar-refractivity contribution in [1.82, 2.24) is 5.32 Å². The maximum atomic E-state index is 5.87. The van der Waals surface area contributed by atoms with E-state index in [1.54, 1.807) is 0 Å². The summed E-state index contributed by atoms with van der Waals surface area (Å²) >= 11 is 0. The number of nitrogens with two attached hydrogens (primary N) is 1. The summed E-state index contributed by atoms with van der Waals surface area (Å²) in [4.78, 5) is 0. The van der Waals surface area contributed by atoms with Crippen LogP contribution in [0.3, 0.4) is 0 Å². The number of piperidine rings is 1. The number of hydrogen-bond acceptors (Lipinski definition) is 2. The molecule has 0 aromatic carbocycles. The summed E-state index contributed by atoms with van der Waals surface area (Å²) in [6.07, 6.45) is 1.12. The first kappa shape index (κ1) is 7.03. The van der Waals surface area contributed by atoms with Gasteiger partial charge in [-0.3, -0.25) is 0 Å². The molecule has 3 N–H and O–H groups in total. The van der Waals surface area contributed by atoms with Crippen molar-refractivity contribution in [2.75, 3.05) is 13.1 Å². The Morgan fingerprint density at radius 1 is 1.56 bits per heavy atom. The van der Waals surface area contributed by atoms with Gasteiger partial charge in [0.05, 0.1) is 0 Å². The molecule has 0 radical (unpaired) electrons. The molecule has 0 amide bonds. The van der Waals surface area contributed by atoms with Gasteiger partial charge in [-0.15, -0.1) is 0 Å². The Balaban J connectivity index is 2.49. The summed E-state index contributed by atoms with van der Waals surface area (Å²) in [7, 11) is 0. The summed E-state index contributed by atoms with van der Waals surface area (Å²) in [5.41, 5.74) is 6.18. The van der Waals surface area contributed by atoms with Gasteiger partial charge in [0.15, 0.2) is 0 Å². The third-order valence-electron chi connectivity index (χ3n) is 2.22. The molecule has 0 saturated carbocycles. The van der Waals surface area contributed by atoms with Crippen LogP contribution in [0.25, 0.3) is 0 Å². The minimum absolute atomic E-state index is 0.304. The highest BCUT2D eigenvalue weighted by atomic mass is 14.9. The summed E-state index contributed by atoms with van der Waals surface area (Å²) in [5.74, 6) is 0. The Kier molecular flexibility index (Phi) is 1.78. The predicted molar refractivity (Wildman–Crippen MR) is 39.2 cm³/mol. The molecule has 54 valence electrons. The van der Waals surface area contributed by atoms with Crippen molar-refractivity contribution in [1.29, 1.82) is 0 Å². The zero-order valence-electron chi connectivity index (χ0n) is 6.28. The first-order valence-corrected chi connectivity index (χ1v) is 3.59. The lowest BCUT2D eigenvalue weighted by atomic mass is 9.81. The van der Waals surface area contributed by atoms with Crippen LogP contribution in [0.1, 0.15) is 20.3 Å². The largest absolute Gasteiger partial charge is 0.327 e. The van der Waals surface area contributed by atoms with Gasteiger partial charge in [0.1, 0.15) is 0 Å². The highest BCUT2D eigenvalue weighted by molar-refractivity contribution is 4.87. The Morgan fingerprint density at radius 2 is 2.22 bits per heavy atom. The van der Waals surface area contributed by atoms with E-state index in [9.17, 15) is 0 Å². The molecule has 1 atom stereocenters. The maximum Gasteiger partial charge on any atom is 0.0114 e. The second-order valence-electron chi connectivity index (χ2n) is 3.56. The molecule has 1 fully saturated rings. The molecular weight excluding hydrogens is 112 g/mol. The van der Waals surface area contributed by atoms with Gasteiger partial charge in [0, 0.05) is 12.6 Å². The predicted octanol–water partition coefficient (Wildman–Crippen LogP) is 0.333. The van der Waals surface area contributed by atoms with Crippen molar-refractivity contribution in [3.8, 4) is 0 Å². The molecule has 1 heterocycles. The van der Waals surface area contributed by atoms with Gasteiger partial charge in [0.25, 0.3) is 0 Å². The zero-order chi connectivity index (χ0) is 6.91. The highest BCUT2D eigenvalue weighted by Crippen LogP contribution is 2.22. The van der Waals surface area contributed by atoms with Gasteiger partial charge in [0.2, 0.25) is 0 Å². The monoisotopic (exact) mass is 128 g/mol. The van der Waals surface area contributed by atoms with Crippen LogP contribution in [0.5, 0.6) is 0 Å². The van der Waals surface area contributed by atoms with E-state index >= 15 is 0 Å². The fraction of sp³-hybridized carbons (Fsp3) is 1.00. The van der Waals surface area contributed by atoms with Crippen molar-refractivity contribution in [2.24, 2.45) is 11.1 Å². The standard InChI is InChI=1S/C7H16N2/c1-7(2)5-9-4-3-6(7)8/h6,9H,3-5,8H2,1-2H3. The lowest BCUT2D eigenvalue weighted by Gasteiger charge is -2.36. The minimum atomic E-state index is 0.304. The van der Waals surface area contributed by atoms with Crippen LogP contribution in [-0.2, 0) is 0 Å².